The second-order valence-corrected chi connectivity index (χ2v) is 6.26. The van der Waals surface area contributed by atoms with Gasteiger partial charge in [0.2, 0.25) is 0 Å². The average molecular weight is 297 g/mol. The molecule has 1 heterocycles. The van der Waals surface area contributed by atoms with E-state index in [4.69, 9.17) is 4.74 Å². The van der Waals surface area contributed by atoms with Crippen molar-refractivity contribution < 1.29 is 9.53 Å². The van der Waals surface area contributed by atoms with Crippen LogP contribution in [-0.2, 0) is 16.0 Å². The third-order valence-corrected chi connectivity index (χ3v) is 4.42. The van der Waals surface area contributed by atoms with Crippen LogP contribution in [0.2, 0.25) is 0 Å². The minimum atomic E-state index is -0.0630. The average Bonchev–Trinajstić information content (AvgIpc) is 2.91. The van der Waals surface area contributed by atoms with E-state index in [0.717, 1.165) is 32.2 Å². The van der Waals surface area contributed by atoms with Crippen LogP contribution >= 0.6 is 11.3 Å². The molecule has 4 heteroatoms. The Morgan fingerprint density at radius 2 is 2.20 bits per heavy atom. The molecule has 114 valence electrons. The first-order chi connectivity index (χ1) is 9.63. The van der Waals surface area contributed by atoms with Gasteiger partial charge in [-0.2, -0.15) is 0 Å². The molecule has 20 heavy (non-hydrogen) atoms. The molecule has 0 radical (unpaired) electrons. The van der Waals surface area contributed by atoms with E-state index >= 15 is 0 Å². The van der Waals surface area contributed by atoms with Gasteiger partial charge in [-0.25, -0.2) is 0 Å². The van der Waals surface area contributed by atoms with Crippen molar-refractivity contribution in [3.8, 4) is 0 Å². The number of rotatable bonds is 10. The van der Waals surface area contributed by atoms with Crippen LogP contribution in [0.5, 0.6) is 0 Å². The van der Waals surface area contributed by atoms with Crippen molar-refractivity contribution in [3.63, 3.8) is 0 Å². The molecule has 0 N–H and O–H groups in total. The van der Waals surface area contributed by atoms with E-state index in [-0.39, 0.29) is 5.97 Å². The lowest BCUT2D eigenvalue weighted by Crippen LogP contribution is -2.31. The first-order valence-electron chi connectivity index (χ1n) is 7.51. The number of hydrogen-bond acceptors (Lipinski definition) is 4. The predicted molar refractivity (Wildman–Crippen MR) is 85.2 cm³/mol. The van der Waals surface area contributed by atoms with Gasteiger partial charge in [0.25, 0.3) is 0 Å². The standard InChI is InChI=1S/C16H27NO2S/c1-4-19-16(18)10-6-5-7-11-17(3)14(2)13-15-9-8-12-20-15/h8-9,12,14H,4-7,10-11,13H2,1-3H3. The zero-order chi connectivity index (χ0) is 14.8. The highest BCUT2D eigenvalue weighted by Crippen LogP contribution is 2.14. The van der Waals surface area contributed by atoms with E-state index in [9.17, 15) is 4.79 Å². The van der Waals surface area contributed by atoms with Crippen molar-refractivity contribution in [2.24, 2.45) is 0 Å². The summed E-state index contributed by atoms with van der Waals surface area (Å²) in [5.41, 5.74) is 0. The van der Waals surface area contributed by atoms with Gasteiger partial charge < -0.3 is 9.64 Å². The molecule has 0 spiro atoms. The number of esters is 1. The summed E-state index contributed by atoms with van der Waals surface area (Å²) in [5.74, 6) is -0.0630. The minimum Gasteiger partial charge on any atom is -0.466 e. The van der Waals surface area contributed by atoms with Gasteiger partial charge in [0.15, 0.2) is 0 Å². The molecule has 1 aromatic heterocycles. The maximum absolute atomic E-state index is 11.2. The van der Waals surface area contributed by atoms with Gasteiger partial charge in [-0.3, -0.25) is 4.79 Å². The lowest BCUT2D eigenvalue weighted by Gasteiger charge is -2.24. The Morgan fingerprint density at radius 3 is 2.85 bits per heavy atom. The highest BCUT2D eigenvalue weighted by atomic mass is 32.1. The van der Waals surface area contributed by atoms with Gasteiger partial charge in [0.05, 0.1) is 6.61 Å². The van der Waals surface area contributed by atoms with Crippen LogP contribution in [0.25, 0.3) is 0 Å². The van der Waals surface area contributed by atoms with Crippen molar-refractivity contribution in [1.29, 1.82) is 0 Å². The number of likely N-dealkylation sites (N-methyl/N-ethyl adjacent to an activating group) is 1. The highest BCUT2D eigenvalue weighted by Gasteiger charge is 2.10. The zero-order valence-corrected chi connectivity index (χ0v) is 13.7. The molecule has 1 aromatic rings. The Hall–Kier alpha value is -0.870. The van der Waals surface area contributed by atoms with Crippen LogP contribution in [0.15, 0.2) is 17.5 Å². The van der Waals surface area contributed by atoms with E-state index in [2.05, 4.69) is 36.4 Å². The first kappa shape index (κ1) is 17.2. The van der Waals surface area contributed by atoms with Crippen LogP contribution in [0.1, 0.15) is 44.4 Å². The van der Waals surface area contributed by atoms with Gasteiger partial charge >= 0.3 is 5.97 Å². The van der Waals surface area contributed by atoms with Crippen molar-refractivity contribution in [3.05, 3.63) is 22.4 Å². The Morgan fingerprint density at radius 1 is 1.40 bits per heavy atom. The monoisotopic (exact) mass is 297 g/mol. The van der Waals surface area contributed by atoms with Crippen LogP contribution in [0.4, 0.5) is 0 Å². The second kappa shape index (κ2) is 9.94. The Kier molecular flexibility index (Phi) is 8.54. The summed E-state index contributed by atoms with van der Waals surface area (Å²) < 4.78 is 4.92. The number of thiophene rings is 1. The molecule has 0 aliphatic rings. The molecule has 1 unspecified atom stereocenters. The molecule has 1 rings (SSSR count). The third-order valence-electron chi connectivity index (χ3n) is 3.53. The van der Waals surface area contributed by atoms with E-state index < -0.39 is 0 Å². The summed E-state index contributed by atoms with van der Waals surface area (Å²) in [5, 5.41) is 2.14. The van der Waals surface area contributed by atoms with Crippen molar-refractivity contribution in [2.75, 3.05) is 20.2 Å². The van der Waals surface area contributed by atoms with Gasteiger partial charge in [-0.15, -0.1) is 11.3 Å². The van der Waals surface area contributed by atoms with Gasteiger partial charge in [0, 0.05) is 17.3 Å². The molecular weight excluding hydrogens is 270 g/mol. The van der Waals surface area contributed by atoms with Crippen LogP contribution in [0.3, 0.4) is 0 Å². The zero-order valence-electron chi connectivity index (χ0n) is 12.9. The molecule has 1 atom stereocenters. The Balaban J connectivity index is 2.07. The fraction of sp³-hybridized carbons (Fsp3) is 0.688. The van der Waals surface area contributed by atoms with E-state index in [0.29, 0.717) is 19.1 Å². The molecule has 0 fully saturated rings. The molecule has 0 aliphatic heterocycles. The van der Waals surface area contributed by atoms with Gasteiger partial charge in [-0.05, 0) is 58.1 Å². The number of carbonyl (C=O) groups excluding carboxylic acids is 1. The van der Waals surface area contributed by atoms with E-state index in [1.54, 1.807) is 0 Å². The number of carbonyl (C=O) groups is 1. The Bertz CT molecular complexity index is 365. The quantitative estimate of drug-likeness (QED) is 0.487. The summed E-state index contributed by atoms with van der Waals surface area (Å²) in [6.45, 7) is 5.71. The molecular formula is C16H27NO2S. The van der Waals surface area contributed by atoms with Crippen molar-refractivity contribution in [1.82, 2.24) is 4.90 Å². The number of unbranched alkanes of at least 4 members (excludes halogenated alkanes) is 2. The summed E-state index contributed by atoms with van der Waals surface area (Å²) in [4.78, 5) is 15.1. The lowest BCUT2D eigenvalue weighted by atomic mass is 10.1. The van der Waals surface area contributed by atoms with Crippen molar-refractivity contribution in [2.45, 2.75) is 52.0 Å². The molecule has 0 aliphatic carbocycles. The van der Waals surface area contributed by atoms with E-state index in [1.165, 1.54) is 4.88 Å². The molecule has 3 nitrogen and oxygen atoms in total. The van der Waals surface area contributed by atoms with Gasteiger partial charge in [0.1, 0.15) is 0 Å². The molecule has 0 aromatic carbocycles. The smallest absolute Gasteiger partial charge is 0.305 e. The summed E-state index contributed by atoms with van der Waals surface area (Å²) in [6, 6.07) is 4.88. The predicted octanol–water partition coefficient (Wildman–Crippen LogP) is 3.73. The number of hydrogen-bond donors (Lipinski definition) is 0. The minimum absolute atomic E-state index is 0.0630. The Labute approximate surface area is 126 Å². The second-order valence-electron chi connectivity index (χ2n) is 5.23. The highest BCUT2D eigenvalue weighted by molar-refractivity contribution is 7.09. The maximum Gasteiger partial charge on any atom is 0.305 e. The van der Waals surface area contributed by atoms with Crippen LogP contribution in [-0.4, -0.2) is 37.1 Å². The molecule has 0 saturated carbocycles. The molecule has 0 amide bonds. The summed E-state index contributed by atoms with van der Waals surface area (Å²) in [6.07, 6.45) is 4.85. The third kappa shape index (κ3) is 7.06. The summed E-state index contributed by atoms with van der Waals surface area (Å²) in [7, 11) is 2.18. The maximum atomic E-state index is 11.2. The molecule has 0 saturated heterocycles. The fourth-order valence-electron chi connectivity index (χ4n) is 2.14. The number of nitrogens with zero attached hydrogens (tertiary/aromatic N) is 1. The van der Waals surface area contributed by atoms with Crippen molar-refractivity contribution >= 4 is 17.3 Å². The van der Waals surface area contributed by atoms with Crippen LogP contribution in [0, 0.1) is 0 Å². The normalized spacial score (nSPS) is 12.6. The first-order valence-corrected chi connectivity index (χ1v) is 8.39. The molecule has 0 bridgehead atoms. The largest absolute Gasteiger partial charge is 0.466 e. The van der Waals surface area contributed by atoms with Gasteiger partial charge in [-0.1, -0.05) is 12.5 Å². The topological polar surface area (TPSA) is 29.5 Å². The summed E-state index contributed by atoms with van der Waals surface area (Å²) >= 11 is 1.83. The fourth-order valence-corrected chi connectivity index (χ4v) is 2.96. The SMILES string of the molecule is CCOC(=O)CCCCCN(C)C(C)Cc1cccs1. The van der Waals surface area contributed by atoms with Crippen LogP contribution < -0.4 is 0 Å². The van der Waals surface area contributed by atoms with E-state index in [1.807, 2.05) is 18.3 Å². The lowest BCUT2D eigenvalue weighted by molar-refractivity contribution is -0.143. The number of ether oxygens (including phenoxy) is 1.